The maximum atomic E-state index is 13.6. The highest BCUT2D eigenvalue weighted by Crippen LogP contribution is 2.32. The fourth-order valence-electron chi connectivity index (χ4n) is 1.27. The fourth-order valence-corrected chi connectivity index (χ4v) is 2.79. The van der Waals surface area contributed by atoms with Crippen molar-refractivity contribution in [3.8, 4) is 5.75 Å². The second-order valence-corrected chi connectivity index (χ2v) is 8.70. The maximum absolute atomic E-state index is 13.6. The van der Waals surface area contributed by atoms with Crippen LogP contribution < -0.4 is 4.74 Å². The molecule has 19 heavy (non-hydrogen) atoms. The van der Waals surface area contributed by atoms with E-state index in [9.17, 15) is 12.8 Å². The van der Waals surface area contributed by atoms with Crippen molar-refractivity contribution in [1.29, 1.82) is 0 Å². The van der Waals surface area contributed by atoms with Crippen LogP contribution in [0.1, 0.15) is 27.2 Å². The van der Waals surface area contributed by atoms with E-state index in [1.54, 1.807) is 0 Å². The molecule has 1 rings (SSSR count). The van der Waals surface area contributed by atoms with E-state index in [0.717, 1.165) is 18.6 Å². The molecule has 0 saturated heterocycles. The number of hydrogen-bond acceptors (Lipinski definition) is 3. The highest BCUT2D eigenvalue weighted by atomic mass is 79.9. The van der Waals surface area contributed by atoms with Gasteiger partial charge >= 0.3 is 0 Å². The van der Waals surface area contributed by atoms with Crippen LogP contribution in [0.5, 0.6) is 5.75 Å². The molecule has 108 valence electrons. The SMILES string of the molecule is CC(C)(C)CCOc1cc(F)c(S(=O)(=O)Cl)cc1Br. The van der Waals surface area contributed by atoms with Crippen molar-refractivity contribution in [2.45, 2.75) is 32.1 Å². The van der Waals surface area contributed by atoms with Gasteiger partial charge in [0.05, 0.1) is 11.1 Å². The summed E-state index contributed by atoms with van der Waals surface area (Å²) in [5.41, 5.74) is 0.102. The molecule has 1 aromatic rings. The van der Waals surface area contributed by atoms with Crippen LogP contribution in [0.4, 0.5) is 4.39 Å². The Morgan fingerprint density at radius 1 is 1.37 bits per heavy atom. The number of halogens is 3. The minimum absolute atomic E-state index is 0.102. The molecule has 7 heteroatoms. The zero-order chi connectivity index (χ0) is 14.8. The highest BCUT2D eigenvalue weighted by molar-refractivity contribution is 9.10. The average molecular weight is 374 g/mol. The molecule has 1 aromatic carbocycles. The van der Waals surface area contributed by atoms with Gasteiger partial charge in [-0.1, -0.05) is 20.8 Å². The minimum atomic E-state index is -4.10. The molecule has 0 aromatic heterocycles. The van der Waals surface area contributed by atoms with Gasteiger partial charge in [0.2, 0.25) is 0 Å². The van der Waals surface area contributed by atoms with Crippen LogP contribution in [-0.4, -0.2) is 15.0 Å². The van der Waals surface area contributed by atoms with Gasteiger partial charge in [-0.3, -0.25) is 0 Å². The van der Waals surface area contributed by atoms with Crippen molar-refractivity contribution in [2.24, 2.45) is 5.41 Å². The normalized spacial score (nSPS) is 12.5. The predicted octanol–water partition coefficient (Wildman–Crippen LogP) is 4.33. The first-order chi connectivity index (χ1) is 8.50. The van der Waals surface area contributed by atoms with Crippen LogP contribution in [0.15, 0.2) is 21.5 Å². The predicted molar refractivity (Wildman–Crippen MR) is 76.7 cm³/mol. The number of rotatable bonds is 4. The molecule has 0 aliphatic heterocycles. The second-order valence-electron chi connectivity index (χ2n) is 5.31. The van der Waals surface area contributed by atoms with Gasteiger partial charge in [-0.15, -0.1) is 0 Å². The summed E-state index contributed by atoms with van der Waals surface area (Å²) in [5.74, 6) is -0.672. The lowest BCUT2D eigenvalue weighted by Crippen LogP contribution is -2.11. The first kappa shape index (κ1) is 16.7. The van der Waals surface area contributed by atoms with Crippen molar-refractivity contribution in [1.82, 2.24) is 0 Å². The summed E-state index contributed by atoms with van der Waals surface area (Å²) in [6.07, 6.45) is 0.788. The van der Waals surface area contributed by atoms with Gasteiger partial charge in [-0.25, -0.2) is 12.8 Å². The van der Waals surface area contributed by atoms with E-state index in [4.69, 9.17) is 15.4 Å². The van der Waals surface area contributed by atoms with Crippen molar-refractivity contribution in [2.75, 3.05) is 6.61 Å². The average Bonchev–Trinajstić information content (AvgIpc) is 2.19. The Morgan fingerprint density at radius 2 is 1.95 bits per heavy atom. The zero-order valence-corrected chi connectivity index (χ0v) is 14.0. The lowest BCUT2D eigenvalue weighted by atomic mass is 9.93. The quantitative estimate of drug-likeness (QED) is 0.738. The van der Waals surface area contributed by atoms with E-state index in [1.165, 1.54) is 0 Å². The Kier molecular flexibility index (Phi) is 5.26. The van der Waals surface area contributed by atoms with E-state index >= 15 is 0 Å². The Labute approximate surface area is 125 Å². The van der Waals surface area contributed by atoms with E-state index < -0.39 is 19.8 Å². The first-order valence-corrected chi connectivity index (χ1v) is 8.67. The number of ether oxygens (including phenoxy) is 1. The maximum Gasteiger partial charge on any atom is 0.264 e. The third-order valence-electron chi connectivity index (χ3n) is 2.36. The van der Waals surface area contributed by atoms with E-state index in [1.807, 2.05) is 0 Å². The molecule has 0 atom stereocenters. The summed E-state index contributed by atoms with van der Waals surface area (Å²) in [7, 11) is 1.02. The Balaban J connectivity index is 2.91. The van der Waals surface area contributed by atoms with Crippen molar-refractivity contribution >= 4 is 35.7 Å². The Bertz CT molecular complexity index is 567. The molecule has 0 saturated carbocycles. The van der Waals surface area contributed by atoms with Crippen LogP contribution in [0.3, 0.4) is 0 Å². The molecule has 0 fully saturated rings. The van der Waals surface area contributed by atoms with Crippen LogP contribution in [0.2, 0.25) is 0 Å². The molecule has 0 aliphatic carbocycles. The Hall–Kier alpha value is -0.330. The minimum Gasteiger partial charge on any atom is -0.492 e. The van der Waals surface area contributed by atoms with E-state index in [2.05, 4.69) is 36.7 Å². The molecule has 0 bridgehead atoms. The molecule has 0 spiro atoms. The molecule has 0 heterocycles. The molecule has 0 N–H and O–H groups in total. The lowest BCUT2D eigenvalue weighted by Gasteiger charge is -2.18. The molecule has 3 nitrogen and oxygen atoms in total. The molecule has 0 unspecified atom stereocenters. The van der Waals surface area contributed by atoms with Crippen molar-refractivity contribution < 1.29 is 17.5 Å². The molecular weight excluding hydrogens is 359 g/mol. The molecule has 0 aliphatic rings. The molecular formula is C12H15BrClFO3S. The third kappa shape index (κ3) is 5.28. The smallest absolute Gasteiger partial charge is 0.264 e. The largest absolute Gasteiger partial charge is 0.492 e. The zero-order valence-electron chi connectivity index (χ0n) is 10.8. The summed E-state index contributed by atoms with van der Waals surface area (Å²) in [6.45, 7) is 6.61. The van der Waals surface area contributed by atoms with E-state index in [0.29, 0.717) is 11.1 Å². The lowest BCUT2D eigenvalue weighted by molar-refractivity contribution is 0.241. The Morgan fingerprint density at radius 3 is 2.42 bits per heavy atom. The summed E-state index contributed by atoms with van der Waals surface area (Å²) in [6, 6.07) is 2.12. The topological polar surface area (TPSA) is 43.4 Å². The summed E-state index contributed by atoms with van der Waals surface area (Å²) in [4.78, 5) is -0.566. The van der Waals surface area contributed by atoms with Crippen molar-refractivity contribution in [3.63, 3.8) is 0 Å². The summed E-state index contributed by atoms with van der Waals surface area (Å²) in [5, 5.41) is 0. The summed E-state index contributed by atoms with van der Waals surface area (Å²) >= 11 is 3.14. The fraction of sp³-hybridized carbons (Fsp3) is 0.500. The monoisotopic (exact) mass is 372 g/mol. The van der Waals surface area contributed by atoms with Crippen LogP contribution in [-0.2, 0) is 9.05 Å². The van der Waals surface area contributed by atoms with Crippen LogP contribution in [0.25, 0.3) is 0 Å². The summed E-state index contributed by atoms with van der Waals surface area (Å²) < 4.78 is 41.7. The van der Waals surface area contributed by atoms with E-state index in [-0.39, 0.29) is 11.2 Å². The van der Waals surface area contributed by atoms with Gasteiger partial charge in [0.15, 0.2) is 0 Å². The van der Waals surface area contributed by atoms with Gasteiger partial charge < -0.3 is 4.74 Å². The van der Waals surface area contributed by atoms with Crippen molar-refractivity contribution in [3.05, 3.63) is 22.4 Å². The van der Waals surface area contributed by atoms with Gasteiger partial charge in [-0.05, 0) is 33.8 Å². The number of hydrogen-bond donors (Lipinski definition) is 0. The van der Waals surface area contributed by atoms with Crippen LogP contribution in [0, 0.1) is 11.2 Å². The first-order valence-electron chi connectivity index (χ1n) is 5.57. The van der Waals surface area contributed by atoms with Gasteiger partial charge in [0.25, 0.3) is 9.05 Å². The van der Waals surface area contributed by atoms with Gasteiger partial charge in [0.1, 0.15) is 16.5 Å². The standard InChI is InChI=1S/C12H15BrClFO3S/c1-12(2,3)4-5-18-10-7-9(15)11(6-8(10)13)19(14,16)17/h6-7H,4-5H2,1-3H3. The highest BCUT2D eigenvalue weighted by Gasteiger charge is 2.19. The molecule has 0 amide bonds. The molecule has 0 radical (unpaired) electrons. The van der Waals surface area contributed by atoms with Crippen LogP contribution >= 0.6 is 26.6 Å². The second kappa shape index (κ2) is 5.97. The van der Waals surface area contributed by atoms with Gasteiger partial charge in [-0.2, -0.15) is 0 Å². The third-order valence-corrected chi connectivity index (χ3v) is 4.32. The van der Waals surface area contributed by atoms with Gasteiger partial charge in [0, 0.05) is 16.7 Å². The number of benzene rings is 1.